The zero-order chi connectivity index (χ0) is 42.1. The van der Waals surface area contributed by atoms with Crippen LogP contribution in [0.5, 0.6) is 0 Å². The fourth-order valence-corrected chi connectivity index (χ4v) is 9.21. The Morgan fingerprint density at radius 1 is 0.391 bits per heavy atom. The van der Waals surface area contributed by atoms with Crippen LogP contribution in [0.3, 0.4) is 0 Å². The number of fused-ring (bicyclic) bond motifs is 8. The number of rotatable bonds is 6. The van der Waals surface area contributed by atoms with Crippen molar-refractivity contribution >= 4 is 65.6 Å². The second kappa shape index (κ2) is 14.4. The smallest absolute Gasteiger partial charge is 0.229 e. The van der Waals surface area contributed by atoms with E-state index in [0.717, 1.165) is 72.4 Å². The Balaban J connectivity index is 0.871. The van der Waals surface area contributed by atoms with Crippen LogP contribution < -0.4 is 0 Å². The van der Waals surface area contributed by atoms with Gasteiger partial charge in [0.2, 0.25) is 5.71 Å². The molecule has 0 N–H and O–H groups in total. The van der Waals surface area contributed by atoms with E-state index < -0.39 is 0 Å². The van der Waals surface area contributed by atoms with Gasteiger partial charge in [-0.1, -0.05) is 140 Å². The Hall–Kier alpha value is -8.81. The molecule has 0 aliphatic carbocycles. The fourth-order valence-electron chi connectivity index (χ4n) is 9.21. The number of furan rings is 1. The van der Waals surface area contributed by atoms with E-state index in [1.807, 2.05) is 24.4 Å². The maximum Gasteiger partial charge on any atom is 0.229 e. The Bertz CT molecular complexity index is 3910. The molecule has 0 aliphatic rings. The minimum absolute atomic E-state index is 0.521. The molecule has 0 unspecified atom stereocenters. The molecule has 7 heteroatoms. The average molecular weight is 819 g/mol. The molecule has 0 aliphatic heterocycles. The van der Waals surface area contributed by atoms with Crippen molar-refractivity contribution in [2.75, 3.05) is 0 Å². The van der Waals surface area contributed by atoms with Crippen molar-refractivity contribution in [3.63, 3.8) is 0 Å². The SMILES string of the molecule is c1ccc(-c2nc(-c3ccc(-c4ncnc5c4oc4ncc(-c6ccc7cc8ccccc8cc7c6)cc45)cc3)cc(-c3cccc(-n4c5ccccc5c5ccccc54)c3)n2)cc1. The first kappa shape index (κ1) is 35.9. The highest BCUT2D eigenvalue weighted by atomic mass is 16.3. The number of aromatic nitrogens is 6. The highest BCUT2D eigenvalue weighted by molar-refractivity contribution is 6.10. The van der Waals surface area contributed by atoms with Crippen molar-refractivity contribution in [3.05, 3.63) is 207 Å². The van der Waals surface area contributed by atoms with Crippen LogP contribution in [0.2, 0.25) is 0 Å². The third kappa shape index (κ3) is 5.94. The number of para-hydroxylation sites is 2. The van der Waals surface area contributed by atoms with Gasteiger partial charge >= 0.3 is 0 Å². The van der Waals surface area contributed by atoms with Gasteiger partial charge in [0.15, 0.2) is 11.4 Å². The predicted octanol–water partition coefficient (Wildman–Crippen LogP) is 14.3. The molecular formula is C57H34N6O. The molecule has 298 valence electrons. The van der Waals surface area contributed by atoms with Gasteiger partial charge in [0.25, 0.3) is 0 Å². The van der Waals surface area contributed by atoms with Gasteiger partial charge in [-0.2, -0.15) is 0 Å². The van der Waals surface area contributed by atoms with Gasteiger partial charge < -0.3 is 8.98 Å². The number of benzene rings is 8. The molecule has 64 heavy (non-hydrogen) atoms. The first-order valence-corrected chi connectivity index (χ1v) is 21.3. The van der Waals surface area contributed by atoms with E-state index in [-0.39, 0.29) is 0 Å². The van der Waals surface area contributed by atoms with Crippen LogP contribution in [-0.4, -0.2) is 29.5 Å². The Kier molecular flexibility index (Phi) is 8.08. The van der Waals surface area contributed by atoms with Crippen molar-refractivity contribution in [2.24, 2.45) is 0 Å². The lowest BCUT2D eigenvalue weighted by molar-refractivity contribution is 0.652. The Morgan fingerprint density at radius 2 is 1.03 bits per heavy atom. The largest absolute Gasteiger partial charge is 0.434 e. The van der Waals surface area contributed by atoms with E-state index >= 15 is 0 Å². The van der Waals surface area contributed by atoms with Gasteiger partial charge in [-0.3, -0.25) is 0 Å². The topological polar surface area (TPSA) is 82.5 Å². The molecule has 13 aromatic rings. The van der Waals surface area contributed by atoms with Crippen LogP contribution in [0.4, 0.5) is 0 Å². The summed E-state index contributed by atoms with van der Waals surface area (Å²) in [5.74, 6) is 0.656. The molecule has 0 fully saturated rings. The second-order valence-electron chi connectivity index (χ2n) is 16.2. The highest BCUT2D eigenvalue weighted by Gasteiger charge is 2.19. The molecule has 0 bridgehead atoms. The van der Waals surface area contributed by atoms with Gasteiger partial charge in [-0.25, -0.2) is 24.9 Å². The molecule has 0 spiro atoms. The van der Waals surface area contributed by atoms with Crippen LogP contribution in [0.15, 0.2) is 211 Å². The Labute approximate surface area is 366 Å². The summed E-state index contributed by atoms with van der Waals surface area (Å²) in [6.07, 6.45) is 3.47. The van der Waals surface area contributed by atoms with E-state index in [4.69, 9.17) is 29.3 Å². The van der Waals surface area contributed by atoms with E-state index in [9.17, 15) is 0 Å². The third-order valence-corrected chi connectivity index (χ3v) is 12.3. The predicted molar refractivity (Wildman–Crippen MR) is 259 cm³/mol. The Morgan fingerprint density at radius 3 is 1.81 bits per heavy atom. The normalized spacial score (nSPS) is 11.8. The van der Waals surface area contributed by atoms with Crippen molar-refractivity contribution in [2.45, 2.75) is 0 Å². The van der Waals surface area contributed by atoms with E-state index in [1.165, 1.54) is 32.3 Å². The van der Waals surface area contributed by atoms with Crippen molar-refractivity contribution < 1.29 is 4.42 Å². The lowest BCUT2D eigenvalue weighted by Gasteiger charge is -2.12. The minimum atomic E-state index is 0.521. The summed E-state index contributed by atoms with van der Waals surface area (Å²) in [5, 5.41) is 8.12. The summed E-state index contributed by atoms with van der Waals surface area (Å²) in [6, 6.07) is 67.9. The van der Waals surface area contributed by atoms with E-state index in [1.54, 1.807) is 6.33 Å². The molecule has 5 aromatic heterocycles. The lowest BCUT2D eigenvalue weighted by Crippen LogP contribution is -1.98. The summed E-state index contributed by atoms with van der Waals surface area (Å²) in [6.45, 7) is 0. The fraction of sp³-hybridized carbons (Fsp3) is 0. The van der Waals surface area contributed by atoms with Gasteiger partial charge in [0.1, 0.15) is 17.5 Å². The zero-order valence-corrected chi connectivity index (χ0v) is 34.2. The highest BCUT2D eigenvalue weighted by Crippen LogP contribution is 2.38. The minimum Gasteiger partial charge on any atom is -0.434 e. The van der Waals surface area contributed by atoms with Gasteiger partial charge in [0, 0.05) is 50.5 Å². The summed E-state index contributed by atoms with van der Waals surface area (Å²) >= 11 is 0. The van der Waals surface area contributed by atoms with E-state index in [0.29, 0.717) is 22.8 Å². The monoisotopic (exact) mass is 818 g/mol. The molecule has 0 saturated heterocycles. The van der Waals surface area contributed by atoms with Gasteiger partial charge in [-0.15, -0.1) is 0 Å². The zero-order valence-electron chi connectivity index (χ0n) is 34.2. The standard InChI is InChI=1S/C57H34N6O/c1-2-11-37(12-3-1)56-61-49(32-50(62-56)42-15-10-16-45(30-42)63-51-19-8-6-17-46(51)47-18-7-9-20-52(47)63)35-21-23-36(24-22-35)53-55-54(60-34-59-53)48-31-44(33-58-57(48)64-55)41-26-25-40-27-38-13-4-5-14-39(38)28-43(40)29-41/h1-34H. The number of hydrogen-bond donors (Lipinski definition) is 0. The van der Waals surface area contributed by atoms with Gasteiger partial charge in [-0.05, 0) is 81.7 Å². The van der Waals surface area contributed by atoms with Crippen LogP contribution >= 0.6 is 0 Å². The second-order valence-corrected chi connectivity index (χ2v) is 16.2. The molecule has 0 atom stereocenters. The molecule has 5 heterocycles. The quantitative estimate of drug-likeness (QED) is 0.155. The first-order valence-electron chi connectivity index (χ1n) is 21.3. The maximum atomic E-state index is 6.42. The number of nitrogens with zero attached hydrogens (tertiary/aromatic N) is 6. The van der Waals surface area contributed by atoms with Crippen LogP contribution in [0, 0.1) is 0 Å². The maximum absolute atomic E-state index is 6.42. The molecule has 7 nitrogen and oxygen atoms in total. The van der Waals surface area contributed by atoms with Crippen molar-refractivity contribution in [3.8, 4) is 62.0 Å². The first-order chi connectivity index (χ1) is 31.7. The van der Waals surface area contributed by atoms with Crippen LogP contribution in [0.1, 0.15) is 0 Å². The van der Waals surface area contributed by atoms with Gasteiger partial charge in [0.05, 0.1) is 27.8 Å². The molecular weight excluding hydrogens is 785 g/mol. The molecule has 0 amide bonds. The summed E-state index contributed by atoms with van der Waals surface area (Å²) in [4.78, 5) is 24.5. The number of hydrogen-bond acceptors (Lipinski definition) is 6. The molecule has 13 rings (SSSR count). The van der Waals surface area contributed by atoms with E-state index in [2.05, 4.69) is 180 Å². The third-order valence-electron chi connectivity index (χ3n) is 12.3. The van der Waals surface area contributed by atoms with Crippen LogP contribution in [-0.2, 0) is 0 Å². The molecule has 0 saturated carbocycles. The average Bonchev–Trinajstić information content (AvgIpc) is 3.91. The summed E-state index contributed by atoms with van der Waals surface area (Å²) in [5.41, 5.74) is 13.4. The number of pyridine rings is 1. The summed E-state index contributed by atoms with van der Waals surface area (Å²) in [7, 11) is 0. The lowest BCUT2D eigenvalue weighted by atomic mass is 9.99. The van der Waals surface area contributed by atoms with Crippen LogP contribution in [0.25, 0.3) is 128 Å². The van der Waals surface area contributed by atoms with Crippen molar-refractivity contribution in [1.29, 1.82) is 0 Å². The molecule has 0 radical (unpaired) electrons. The van der Waals surface area contributed by atoms with Crippen molar-refractivity contribution in [1.82, 2.24) is 29.5 Å². The molecule has 8 aromatic carbocycles. The summed E-state index contributed by atoms with van der Waals surface area (Å²) < 4.78 is 8.75.